The van der Waals surface area contributed by atoms with Gasteiger partial charge in [0.25, 0.3) is 0 Å². The minimum absolute atomic E-state index is 0.188. The Morgan fingerprint density at radius 3 is 2.16 bits per heavy atom. The van der Waals surface area contributed by atoms with E-state index in [1.165, 1.54) is 38.2 Å². The summed E-state index contributed by atoms with van der Waals surface area (Å²) in [5.74, 6) is 1.83. The van der Waals surface area contributed by atoms with Gasteiger partial charge >= 0.3 is 5.97 Å². The zero-order chi connectivity index (χ0) is 27.8. The molecule has 3 rings (SSSR count). The third-order valence-electron chi connectivity index (χ3n) is 10.3. The molecule has 0 spiro atoms. The Bertz CT molecular complexity index is 855. The molecule has 0 bridgehead atoms. The number of carbonyl (C=O) groups excluding carboxylic acids is 1. The number of rotatable bonds is 9. The number of esters is 1. The van der Waals surface area contributed by atoms with Crippen LogP contribution in [-0.2, 0) is 18.4 Å². The van der Waals surface area contributed by atoms with Gasteiger partial charge in [-0.15, -0.1) is 0 Å². The van der Waals surface area contributed by atoms with Gasteiger partial charge < -0.3 is 13.6 Å². The van der Waals surface area contributed by atoms with E-state index in [1.807, 2.05) is 0 Å². The molecular weight excluding hydrogens is 493 g/mol. The molecule has 0 amide bonds. The van der Waals surface area contributed by atoms with E-state index in [2.05, 4.69) is 86.0 Å². The van der Waals surface area contributed by atoms with Crippen LogP contribution >= 0.6 is 0 Å². The summed E-state index contributed by atoms with van der Waals surface area (Å²) in [6, 6.07) is 0. The van der Waals surface area contributed by atoms with Crippen molar-refractivity contribution >= 4 is 22.6 Å². The second kappa shape index (κ2) is 11.4. The van der Waals surface area contributed by atoms with Crippen molar-refractivity contribution in [2.75, 3.05) is 6.61 Å². The lowest BCUT2D eigenvalue weighted by molar-refractivity contribution is -0.140. The predicted octanol–water partition coefficient (Wildman–Crippen LogP) is 8.66. The van der Waals surface area contributed by atoms with Crippen molar-refractivity contribution in [3.8, 4) is 0 Å². The van der Waals surface area contributed by atoms with E-state index < -0.39 is 16.6 Å². The molecule has 0 N–H and O–H groups in total. The van der Waals surface area contributed by atoms with E-state index in [4.69, 9.17) is 13.6 Å². The summed E-state index contributed by atoms with van der Waals surface area (Å²) in [4.78, 5) is 11.4. The van der Waals surface area contributed by atoms with Crippen LogP contribution in [0.25, 0.3) is 0 Å². The monoisotopic (exact) mass is 548 g/mol. The van der Waals surface area contributed by atoms with Gasteiger partial charge in [0.1, 0.15) is 6.61 Å². The number of hydrogen-bond donors (Lipinski definition) is 0. The van der Waals surface area contributed by atoms with Gasteiger partial charge in [-0.25, -0.2) is 0 Å². The molecule has 0 saturated heterocycles. The fraction of sp³-hybridized carbons (Fsp3) is 0.839. The lowest BCUT2D eigenvalue weighted by atomic mass is 9.88. The molecule has 0 aromatic carbocycles. The normalized spacial score (nSPS) is 28.6. The van der Waals surface area contributed by atoms with Gasteiger partial charge in [-0.1, -0.05) is 72.6 Å². The van der Waals surface area contributed by atoms with Gasteiger partial charge in [-0.2, -0.15) is 0 Å². The van der Waals surface area contributed by atoms with Crippen LogP contribution in [0.4, 0.5) is 0 Å². The Balaban J connectivity index is 1.86. The van der Waals surface area contributed by atoms with Crippen LogP contribution in [0.2, 0.25) is 36.3 Å². The SMILES string of the molecule is CC(=O)OCC1=C[C@H]2C[C@@H](O[Si](C)(C)C(C)(C)C)[C@@H](/C=C\[C@@H](O[Si](C)(C)C(C)(C)C)C3CCCC3)[C@H]2C1. The summed E-state index contributed by atoms with van der Waals surface area (Å²) in [6.45, 7) is 25.5. The van der Waals surface area contributed by atoms with Crippen molar-refractivity contribution in [3.05, 3.63) is 23.8 Å². The maximum absolute atomic E-state index is 11.4. The average molecular weight is 549 g/mol. The van der Waals surface area contributed by atoms with Crippen LogP contribution in [0.5, 0.6) is 0 Å². The number of hydrogen-bond acceptors (Lipinski definition) is 4. The van der Waals surface area contributed by atoms with Gasteiger partial charge in [0.05, 0.1) is 12.2 Å². The molecule has 0 aromatic heterocycles. The lowest BCUT2D eigenvalue weighted by Crippen LogP contribution is -2.45. The Hall–Kier alpha value is -0.696. The second-order valence-corrected chi connectivity index (χ2v) is 24.7. The topological polar surface area (TPSA) is 44.8 Å². The van der Waals surface area contributed by atoms with E-state index in [0.29, 0.717) is 30.3 Å². The Labute approximate surface area is 230 Å². The minimum atomic E-state index is -1.90. The lowest BCUT2D eigenvalue weighted by Gasteiger charge is -2.41. The first-order chi connectivity index (χ1) is 16.9. The van der Waals surface area contributed by atoms with E-state index >= 15 is 0 Å². The van der Waals surface area contributed by atoms with E-state index in [9.17, 15) is 4.79 Å². The highest BCUT2D eigenvalue weighted by Gasteiger charge is 2.49. The van der Waals surface area contributed by atoms with Crippen molar-refractivity contribution in [2.24, 2.45) is 23.7 Å². The Kier molecular flexibility index (Phi) is 9.52. The molecule has 0 aromatic rings. The summed E-state index contributed by atoms with van der Waals surface area (Å²) in [7, 11) is -3.79. The van der Waals surface area contributed by atoms with Crippen LogP contribution in [0.15, 0.2) is 23.8 Å². The Morgan fingerprint density at radius 2 is 1.62 bits per heavy atom. The van der Waals surface area contributed by atoms with Gasteiger partial charge in [0.2, 0.25) is 0 Å². The predicted molar refractivity (Wildman–Crippen MR) is 160 cm³/mol. The van der Waals surface area contributed by atoms with Crippen molar-refractivity contribution < 1.29 is 18.4 Å². The smallest absolute Gasteiger partial charge is 0.302 e. The first-order valence-electron chi connectivity index (χ1n) is 14.8. The molecule has 212 valence electrons. The van der Waals surface area contributed by atoms with E-state index in [0.717, 1.165) is 12.8 Å². The molecule has 2 saturated carbocycles. The van der Waals surface area contributed by atoms with Crippen molar-refractivity contribution in [2.45, 2.75) is 135 Å². The van der Waals surface area contributed by atoms with Gasteiger partial charge in [-0.05, 0) is 85.3 Å². The molecule has 2 fully saturated rings. The molecule has 5 atom stereocenters. The van der Waals surface area contributed by atoms with Crippen LogP contribution in [0, 0.1) is 23.7 Å². The third kappa shape index (κ3) is 7.49. The summed E-state index contributed by atoms with van der Waals surface area (Å²) in [5.41, 5.74) is 1.28. The first kappa shape index (κ1) is 30.8. The summed E-state index contributed by atoms with van der Waals surface area (Å²) in [6.07, 6.45) is 15.1. The van der Waals surface area contributed by atoms with Gasteiger partial charge in [0, 0.05) is 12.8 Å². The average Bonchev–Trinajstić information content (AvgIpc) is 3.45. The number of ether oxygens (including phenoxy) is 1. The van der Waals surface area contributed by atoms with Crippen molar-refractivity contribution in [3.63, 3.8) is 0 Å². The van der Waals surface area contributed by atoms with Crippen LogP contribution in [0.3, 0.4) is 0 Å². The molecule has 6 heteroatoms. The fourth-order valence-corrected chi connectivity index (χ4v) is 8.57. The number of fused-ring (bicyclic) bond motifs is 1. The van der Waals surface area contributed by atoms with Crippen LogP contribution in [0.1, 0.15) is 87.0 Å². The largest absolute Gasteiger partial charge is 0.461 e. The molecule has 3 aliphatic rings. The summed E-state index contributed by atoms with van der Waals surface area (Å²) < 4.78 is 19.5. The van der Waals surface area contributed by atoms with Crippen LogP contribution < -0.4 is 0 Å². The van der Waals surface area contributed by atoms with Crippen LogP contribution in [-0.4, -0.2) is 41.4 Å². The summed E-state index contributed by atoms with van der Waals surface area (Å²) >= 11 is 0. The minimum Gasteiger partial charge on any atom is -0.461 e. The highest BCUT2D eigenvalue weighted by molar-refractivity contribution is 6.74. The maximum atomic E-state index is 11.4. The third-order valence-corrected chi connectivity index (χ3v) is 19.2. The maximum Gasteiger partial charge on any atom is 0.302 e. The Morgan fingerprint density at radius 1 is 1.03 bits per heavy atom. The molecule has 0 unspecified atom stereocenters. The van der Waals surface area contributed by atoms with Gasteiger partial charge in [-0.3, -0.25) is 4.79 Å². The second-order valence-electron chi connectivity index (χ2n) is 15.1. The van der Waals surface area contributed by atoms with Crippen molar-refractivity contribution in [1.82, 2.24) is 0 Å². The summed E-state index contributed by atoms with van der Waals surface area (Å²) in [5, 5.41) is 0.387. The fourth-order valence-electron chi connectivity index (χ4n) is 5.90. The molecule has 0 radical (unpaired) electrons. The number of allylic oxidation sites excluding steroid dienone is 1. The highest BCUT2D eigenvalue weighted by Crippen LogP contribution is 2.51. The zero-order valence-electron chi connectivity index (χ0n) is 25.8. The standard InChI is InChI=1S/C31H56O4Si2/c1-22(32)33-21-23-18-25-20-29(35-37(10,11)31(5,6)7)26(27(25)19-23)16-17-28(24-14-12-13-15-24)34-36(8,9)30(2,3)4/h16-18,24-29H,12-15,19-21H2,1-11H3/b17-16-/t25-,26-,27-,28+,29+/m0/s1. The molecule has 0 aliphatic heterocycles. The van der Waals surface area contributed by atoms with Gasteiger partial charge in [0.15, 0.2) is 16.6 Å². The zero-order valence-corrected chi connectivity index (χ0v) is 27.8. The molecule has 0 heterocycles. The molecule has 3 aliphatic carbocycles. The van der Waals surface area contributed by atoms with E-state index in [1.54, 1.807) is 0 Å². The molecule has 4 nitrogen and oxygen atoms in total. The molecule has 37 heavy (non-hydrogen) atoms. The van der Waals surface area contributed by atoms with Crippen molar-refractivity contribution in [1.29, 1.82) is 0 Å². The quantitative estimate of drug-likeness (QED) is 0.164. The first-order valence-corrected chi connectivity index (χ1v) is 20.6. The van der Waals surface area contributed by atoms with E-state index in [-0.39, 0.29) is 28.3 Å². The number of carbonyl (C=O) groups is 1. The molecular formula is C31H56O4Si2. The highest BCUT2D eigenvalue weighted by atomic mass is 28.4.